The Morgan fingerprint density at radius 1 is 1.44 bits per heavy atom. The van der Waals surface area contributed by atoms with Crippen molar-refractivity contribution in [3.8, 4) is 0 Å². The Morgan fingerprint density at radius 2 is 2.17 bits per heavy atom. The first kappa shape index (κ1) is 12.4. The first-order valence-electron chi connectivity index (χ1n) is 5.02. The summed E-state index contributed by atoms with van der Waals surface area (Å²) in [5.74, 6) is -0.592. The van der Waals surface area contributed by atoms with Crippen LogP contribution in [0, 0.1) is 0 Å². The zero-order valence-corrected chi connectivity index (χ0v) is 10.2. The Kier molecular flexibility index (Phi) is 3.20. The molecule has 0 amide bonds. The lowest BCUT2D eigenvalue weighted by molar-refractivity contribution is -0.141. The highest BCUT2D eigenvalue weighted by Gasteiger charge is 2.12. The van der Waals surface area contributed by atoms with Crippen molar-refractivity contribution in [2.45, 2.75) is 6.54 Å². The van der Waals surface area contributed by atoms with Gasteiger partial charge in [-0.2, -0.15) is 0 Å². The van der Waals surface area contributed by atoms with Gasteiger partial charge < -0.3 is 4.74 Å². The third-order valence-electron chi connectivity index (χ3n) is 2.49. The molecule has 1 aromatic heterocycles. The molecule has 18 heavy (non-hydrogen) atoms. The van der Waals surface area contributed by atoms with Crippen LogP contribution >= 0.6 is 11.6 Å². The van der Waals surface area contributed by atoms with Gasteiger partial charge in [-0.25, -0.2) is 4.79 Å². The molecule has 1 N–H and O–H groups in total. The number of ether oxygens (including phenoxy) is 1. The molecule has 0 spiro atoms. The molecule has 0 saturated heterocycles. The van der Waals surface area contributed by atoms with E-state index in [1.54, 1.807) is 12.1 Å². The van der Waals surface area contributed by atoms with E-state index in [9.17, 15) is 14.4 Å². The fraction of sp³-hybridized carbons (Fsp3) is 0.182. The molecule has 2 rings (SSSR count). The summed E-state index contributed by atoms with van der Waals surface area (Å²) in [4.78, 5) is 36.7. The molecule has 0 unspecified atom stereocenters. The van der Waals surface area contributed by atoms with E-state index in [2.05, 4.69) is 9.72 Å². The maximum atomic E-state index is 11.7. The number of aromatic nitrogens is 2. The number of hydrogen-bond acceptors (Lipinski definition) is 4. The van der Waals surface area contributed by atoms with E-state index in [0.29, 0.717) is 5.52 Å². The number of esters is 1. The normalized spacial score (nSPS) is 10.6. The van der Waals surface area contributed by atoms with Gasteiger partial charge in [-0.15, -0.1) is 0 Å². The van der Waals surface area contributed by atoms with Crippen LogP contribution < -0.4 is 11.2 Å². The summed E-state index contributed by atoms with van der Waals surface area (Å²) < 4.78 is 5.60. The number of carbonyl (C=O) groups is 1. The minimum absolute atomic E-state index is 0.169. The predicted molar refractivity (Wildman–Crippen MR) is 65.9 cm³/mol. The first-order valence-corrected chi connectivity index (χ1v) is 5.40. The minimum atomic E-state index is -0.680. The SMILES string of the molecule is COC(=O)Cn1c(=O)[nH]c(=O)c2c(Cl)cccc21. The van der Waals surface area contributed by atoms with Crippen LogP contribution in [0.25, 0.3) is 10.9 Å². The number of aromatic amines is 1. The van der Waals surface area contributed by atoms with E-state index in [-0.39, 0.29) is 17.0 Å². The number of rotatable bonds is 2. The van der Waals surface area contributed by atoms with Crippen molar-refractivity contribution in [3.63, 3.8) is 0 Å². The molecule has 2 aromatic rings. The van der Waals surface area contributed by atoms with Crippen molar-refractivity contribution in [2.75, 3.05) is 7.11 Å². The second-order valence-electron chi connectivity index (χ2n) is 3.56. The van der Waals surface area contributed by atoms with Crippen LogP contribution in [0.3, 0.4) is 0 Å². The number of fused-ring (bicyclic) bond motifs is 1. The average Bonchev–Trinajstić information content (AvgIpc) is 2.33. The number of benzene rings is 1. The van der Waals surface area contributed by atoms with Crippen LogP contribution in [-0.4, -0.2) is 22.6 Å². The third kappa shape index (κ3) is 2.02. The van der Waals surface area contributed by atoms with Gasteiger partial charge in [-0.3, -0.25) is 19.1 Å². The molecule has 94 valence electrons. The molecular formula is C11H9ClN2O4. The quantitative estimate of drug-likeness (QED) is 0.805. The van der Waals surface area contributed by atoms with Crippen LogP contribution in [0.4, 0.5) is 0 Å². The van der Waals surface area contributed by atoms with E-state index < -0.39 is 17.2 Å². The molecule has 0 fully saturated rings. The van der Waals surface area contributed by atoms with E-state index in [1.807, 2.05) is 0 Å². The summed E-state index contributed by atoms with van der Waals surface area (Å²) in [6, 6.07) is 4.67. The van der Waals surface area contributed by atoms with Gasteiger partial charge in [-0.05, 0) is 12.1 Å². The Balaban J connectivity index is 2.81. The molecule has 0 radical (unpaired) electrons. The first-order chi connectivity index (χ1) is 8.54. The minimum Gasteiger partial charge on any atom is -0.468 e. The lowest BCUT2D eigenvalue weighted by atomic mass is 10.2. The van der Waals surface area contributed by atoms with Gasteiger partial charge in [0.25, 0.3) is 5.56 Å². The third-order valence-corrected chi connectivity index (χ3v) is 2.80. The van der Waals surface area contributed by atoms with E-state index >= 15 is 0 Å². The van der Waals surface area contributed by atoms with Gasteiger partial charge in [-0.1, -0.05) is 17.7 Å². The molecular weight excluding hydrogens is 260 g/mol. The largest absolute Gasteiger partial charge is 0.468 e. The van der Waals surface area contributed by atoms with Crippen LogP contribution in [0.15, 0.2) is 27.8 Å². The highest BCUT2D eigenvalue weighted by Crippen LogP contribution is 2.18. The van der Waals surface area contributed by atoms with Gasteiger partial charge in [0.15, 0.2) is 0 Å². The highest BCUT2D eigenvalue weighted by atomic mass is 35.5. The van der Waals surface area contributed by atoms with Gasteiger partial charge in [0, 0.05) is 0 Å². The smallest absolute Gasteiger partial charge is 0.329 e. The fourth-order valence-corrected chi connectivity index (χ4v) is 1.90. The second-order valence-corrected chi connectivity index (χ2v) is 3.96. The molecule has 0 atom stereocenters. The number of halogens is 1. The van der Waals surface area contributed by atoms with Gasteiger partial charge in [0.05, 0.1) is 23.0 Å². The number of methoxy groups -OCH3 is 1. The van der Waals surface area contributed by atoms with Crippen molar-refractivity contribution in [3.05, 3.63) is 44.1 Å². The van der Waals surface area contributed by atoms with Crippen LogP contribution in [0.1, 0.15) is 0 Å². The molecule has 0 aliphatic rings. The molecule has 7 heteroatoms. The maximum absolute atomic E-state index is 11.7. The summed E-state index contributed by atoms with van der Waals surface area (Å²) in [5.41, 5.74) is -0.969. The molecule has 0 saturated carbocycles. The average molecular weight is 269 g/mol. The van der Waals surface area contributed by atoms with Crippen molar-refractivity contribution < 1.29 is 9.53 Å². The van der Waals surface area contributed by atoms with Gasteiger partial charge >= 0.3 is 11.7 Å². The molecule has 0 bridgehead atoms. The predicted octanol–water partition coefficient (Wildman–Crippen LogP) is 0.516. The van der Waals surface area contributed by atoms with E-state index in [4.69, 9.17) is 11.6 Å². The zero-order valence-electron chi connectivity index (χ0n) is 9.40. The Bertz CT molecular complexity index is 732. The molecule has 1 heterocycles. The van der Waals surface area contributed by atoms with Gasteiger partial charge in [0.2, 0.25) is 0 Å². The van der Waals surface area contributed by atoms with E-state index in [1.165, 1.54) is 13.2 Å². The molecule has 6 nitrogen and oxygen atoms in total. The maximum Gasteiger partial charge on any atom is 0.329 e. The number of nitrogens with zero attached hydrogens (tertiary/aromatic N) is 1. The van der Waals surface area contributed by atoms with Crippen molar-refractivity contribution in [2.24, 2.45) is 0 Å². The second kappa shape index (κ2) is 4.66. The topological polar surface area (TPSA) is 81.2 Å². The van der Waals surface area contributed by atoms with Crippen molar-refractivity contribution in [1.82, 2.24) is 9.55 Å². The van der Waals surface area contributed by atoms with Gasteiger partial charge in [0.1, 0.15) is 6.54 Å². The standard InChI is InChI=1S/C11H9ClN2O4/c1-18-8(15)5-14-7-4-2-3-6(12)9(7)10(16)13-11(14)17/h2-4H,5H2,1H3,(H,13,16,17). The Hall–Kier alpha value is -2.08. The molecule has 0 aliphatic heterocycles. The van der Waals surface area contributed by atoms with E-state index in [0.717, 1.165) is 4.57 Å². The number of carbonyl (C=O) groups excluding carboxylic acids is 1. The number of H-pyrrole nitrogens is 1. The fourth-order valence-electron chi connectivity index (χ4n) is 1.65. The Labute approximate surface area is 106 Å². The Morgan fingerprint density at radius 3 is 2.83 bits per heavy atom. The zero-order chi connectivity index (χ0) is 13.3. The van der Waals surface area contributed by atoms with Crippen LogP contribution in [0.5, 0.6) is 0 Å². The van der Waals surface area contributed by atoms with Crippen LogP contribution in [0.2, 0.25) is 5.02 Å². The summed E-state index contributed by atoms with van der Waals surface area (Å²) in [5, 5.41) is 0.384. The lowest BCUT2D eigenvalue weighted by Crippen LogP contribution is -2.32. The van der Waals surface area contributed by atoms with Crippen molar-refractivity contribution in [1.29, 1.82) is 0 Å². The number of nitrogens with one attached hydrogen (secondary N) is 1. The molecule has 1 aromatic carbocycles. The summed E-state index contributed by atoms with van der Waals surface area (Å²) >= 11 is 5.91. The lowest BCUT2D eigenvalue weighted by Gasteiger charge is -2.08. The number of hydrogen-bond donors (Lipinski definition) is 1. The highest BCUT2D eigenvalue weighted by molar-refractivity contribution is 6.35. The summed E-state index contributed by atoms with van der Waals surface area (Å²) in [7, 11) is 1.22. The molecule has 0 aliphatic carbocycles. The summed E-state index contributed by atoms with van der Waals surface area (Å²) in [6.45, 7) is -0.289. The van der Waals surface area contributed by atoms with Crippen molar-refractivity contribution >= 4 is 28.5 Å². The monoisotopic (exact) mass is 268 g/mol. The van der Waals surface area contributed by atoms with Crippen LogP contribution in [-0.2, 0) is 16.1 Å². The summed E-state index contributed by atoms with van der Waals surface area (Å²) in [6.07, 6.45) is 0.